The molecular formula is C13H15F3O2. The van der Waals surface area contributed by atoms with Crippen LogP contribution in [0.25, 0.3) is 0 Å². The van der Waals surface area contributed by atoms with Crippen LogP contribution in [-0.2, 0) is 4.74 Å². The van der Waals surface area contributed by atoms with E-state index in [1.165, 1.54) is 26.0 Å². The number of esters is 1. The van der Waals surface area contributed by atoms with Crippen molar-refractivity contribution < 1.29 is 22.7 Å². The van der Waals surface area contributed by atoms with Crippen molar-refractivity contribution in [2.45, 2.75) is 20.0 Å². The molecule has 0 aromatic heterocycles. The number of carbonyl (C=O) groups excluding carboxylic acids is 1. The van der Waals surface area contributed by atoms with Crippen LogP contribution in [0, 0.1) is 11.8 Å². The Morgan fingerprint density at radius 2 is 1.78 bits per heavy atom. The molecule has 1 unspecified atom stereocenters. The minimum Gasteiger partial charge on any atom is -0.461 e. The molecule has 1 atom stereocenters. The summed E-state index contributed by atoms with van der Waals surface area (Å²) in [6.07, 6.45) is -4.36. The molecule has 0 amide bonds. The molecule has 2 nitrogen and oxygen atoms in total. The number of ether oxygens (including phenoxy) is 1. The van der Waals surface area contributed by atoms with Gasteiger partial charge in [0.2, 0.25) is 0 Å². The van der Waals surface area contributed by atoms with Gasteiger partial charge in [0, 0.05) is 0 Å². The summed E-state index contributed by atoms with van der Waals surface area (Å²) in [7, 11) is 0. The molecule has 0 N–H and O–H groups in total. The molecule has 0 saturated heterocycles. The lowest BCUT2D eigenvalue weighted by Gasteiger charge is -2.23. The van der Waals surface area contributed by atoms with Crippen LogP contribution in [0.5, 0.6) is 0 Å². The summed E-state index contributed by atoms with van der Waals surface area (Å²) in [4.78, 5) is 11.5. The summed E-state index contributed by atoms with van der Waals surface area (Å²) in [5.74, 6) is -3.00. The van der Waals surface area contributed by atoms with E-state index in [-0.39, 0.29) is 5.56 Å². The third-order valence-corrected chi connectivity index (χ3v) is 2.63. The maximum Gasteiger partial charge on any atom is 0.395 e. The van der Waals surface area contributed by atoms with Crippen molar-refractivity contribution in [1.29, 1.82) is 0 Å². The molecule has 18 heavy (non-hydrogen) atoms. The lowest BCUT2D eigenvalue weighted by Crippen LogP contribution is -2.32. The van der Waals surface area contributed by atoms with Crippen molar-refractivity contribution in [2.24, 2.45) is 11.8 Å². The summed E-state index contributed by atoms with van der Waals surface area (Å²) >= 11 is 0. The fraction of sp³-hybridized carbons (Fsp3) is 0.462. The van der Waals surface area contributed by atoms with E-state index >= 15 is 0 Å². The van der Waals surface area contributed by atoms with Crippen LogP contribution in [0.1, 0.15) is 24.2 Å². The molecule has 100 valence electrons. The standard InChI is InChI=1S/C13H15F3O2/c1-9(2)11(13(14,15)16)8-18-12(17)10-6-4-3-5-7-10/h3-7,9,11H,8H2,1-2H3. The van der Waals surface area contributed by atoms with Gasteiger partial charge < -0.3 is 4.74 Å². The molecule has 1 aromatic rings. The van der Waals surface area contributed by atoms with Crippen molar-refractivity contribution >= 4 is 5.97 Å². The summed E-state index contributed by atoms with van der Waals surface area (Å²) in [5.41, 5.74) is 0.252. The van der Waals surface area contributed by atoms with Gasteiger partial charge in [-0.2, -0.15) is 13.2 Å². The van der Waals surface area contributed by atoms with Gasteiger partial charge in [0.05, 0.1) is 11.5 Å². The lowest BCUT2D eigenvalue weighted by atomic mass is 9.96. The zero-order chi connectivity index (χ0) is 13.8. The number of benzene rings is 1. The molecule has 0 aliphatic rings. The van der Waals surface area contributed by atoms with Gasteiger partial charge in [0.25, 0.3) is 0 Å². The Balaban J connectivity index is 2.61. The lowest BCUT2D eigenvalue weighted by molar-refractivity contribution is -0.195. The topological polar surface area (TPSA) is 26.3 Å². The molecule has 0 fully saturated rings. The van der Waals surface area contributed by atoms with E-state index in [0.717, 1.165) is 0 Å². The summed E-state index contributed by atoms with van der Waals surface area (Å²) < 4.78 is 42.6. The Morgan fingerprint density at radius 1 is 1.22 bits per heavy atom. The normalized spacial score (nSPS) is 13.4. The Morgan fingerprint density at radius 3 is 2.22 bits per heavy atom. The molecule has 0 heterocycles. The highest BCUT2D eigenvalue weighted by atomic mass is 19.4. The molecule has 0 bridgehead atoms. The van der Waals surface area contributed by atoms with Gasteiger partial charge in [-0.15, -0.1) is 0 Å². The van der Waals surface area contributed by atoms with Gasteiger partial charge in [-0.3, -0.25) is 0 Å². The first-order chi connectivity index (χ1) is 8.32. The van der Waals surface area contributed by atoms with Crippen LogP contribution in [-0.4, -0.2) is 18.8 Å². The van der Waals surface area contributed by atoms with Gasteiger partial charge in [0.1, 0.15) is 6.61 Å². The third kappa shape index (κ3) is 4.05. The van der Waals surface area contributed by atoms with Crippen LogP contribution in [0.2, 0.25) is 0 Å². The van der Waals surface area contributed by atoms with E-state index in [1.807, 2.05) is 0 Å². The molecule has 0 spiro atoms. The maximum atomic E-state index is 12.6. The molecular weight excluding hydrogens is 245 g/mol. The molecule has 0 aliphatic heterocycles. The van der Waals surface area contributed by atoms with Gasteiger partial charge >= 0.3 is 12.1 Å². The second-order valence-corrected chi connectivity index (χ2v) is 4.36. The highest BCUT2D eigenvalue weighted by Gasteiger charge is 2.42. The van der Waals surface area contributed by atoms with Crippen molar-refractivity contribution in [3.05, 3.63) is 35.9 Å². The predicted octanol–water partition coefficient (Wildman–Crippen LogP) is 3.68. The monoisotopic (exact) mass is 260 g/mol. The van der Waals surface area contributed by atoms with Crippen LogP contribution in [0.3, 0.4) is 0 Å². The number of halogens is 3. The maximum absolute atomic E-state index is 12.6. The van der Waals surface area contributed by atoms with E-state index in [9.17, 15) is 18.0 Å². The number of hydrogen-bond donors (Lipinski definition) is 0. The smallest absolute Gasteiger partial charge is 0.395 e. The van der Waals surface area contributed by atoms with E-state index in [2.05, 4.69) is 0 Å². The number of rotatable bonds is 4. The van der Waals surface area contributed by atoms with Gasteiger partial charge in [0.15, 0.2) is 0 Å². The summed E-state index contributed by atoms with van der Waals surface area (Å²) in [5, 5.41) is 0. The van der Waals surface area contributed by atoms with Crippen molar-refractivity contribution in [1.82, 2.24) is 0 Å². The first-order valence-corrected chi connectivity index (χ1v) is 5.61. The molecule has 5 heteroatoms. The second kappa shape index (κ2) is 5.89. The number of alkyl halides is 3. The van der Waals surface area contributed by atoms with Crippen molar-refractivity contribution in [3.8, 4) is 0 Å². The molecule has 1 rings (SSSR count). The fourth-order valence-corrected chi connectivity index (χ4v) is 1.49. The minimum absolute atomic E-state index is 0.252. The quantitative estimate of drug-likeness (QED) is 0.772. The largest absolute Gasteiger partial charge is 0.461 e. The average Bonchev–Trinajstić information content (AvgIpc) is 2.28. The fourth-order valence-electron chi connectivity index (χ4n) is 1.49. The Kier molecular flexibility index (Phi) is 4.76. The van der Waals surface area contributed by atoms with E-state index in [4.69, 9.17) is 4.74 Å². The van der Waals surface area contributed by atoms with Crippen molar-refractivity contribution in [2.75, 3.05) is 6.61 Å². The summed E-state index contributed by atoms with van der Waals surface area (Å²) in [6, 6.07) is 7.96. The zero-order valence-electron chi connectivity index (χ0n) is 10.2. The van der Waals surface area contributed by atoms with Crippen LogP contribution in [0.15, 0.2) is 30.3 Å². The zero-order valence-corrected chi connectivity index (χ0v) is 10.2. The first-order valence-electron chi connectivity index (χ1n) is 5.61. The Bertz CT molecular complexity index is 385. The van der Waals surface area contributed by atoms with E-state index in [0.29, 0.717) is 0 Å². The molecule has 0 saturated carbocycles. The van der Waals surface area contributed by atoms with Gasteiger partial charge in [-0.25, -0.2) is 4.79 Å². The Labute approximate surface area is 104 Å². The molecule has 0 radical (unpaired) electrons. The van der Waals surface area contributed by atoms with Crippen LogP contribution in [0.4, 0.5) is 13.2 Å². The van der Waals surface area contributed by atoms with Crippen LogP contribution < -0.4 is 0 Å². The third-order valence-electron chi connectivity index (χ3n) is 2.63. The van der Waals surface area contributed by atoms with Crippen molar-refractivity contribution in [3.63, 3.8) is 0 Å². The number of carbonyl (C=O) groups is 1. The van der Waals surface area contributed by atoms with Gasteiger partial charge in [-0.1, -0.05) is 32.0 Å². The average molecular weight is 260 g/mol. The predicted molar refractivity (Wildman–Crippen MR) is 61.1 cm³/mol. The van der Waals surface area contributed by atoms with Crippen LogP contribution >= 0.6 is 0 Å². The molecule has 0 aliphatic carbocycles. The first kappa shape index (κ1) is 14.5. The van der Waals surface area contributed by atoms with E-state index in [1.54, 1.807) is 18.2 Å². The highest BCUT2D eigenvalue weighted by Crippen LogP contribution is 2.32. The number of hydrogen-bond acceptors (Lipinski definition) is 2. The molecule has 1 aromatic carbocycles. The van der Waals surface area contributed by atoms with E-state index < -0.39 is 30.6 Å². The highest BCUT2D eigenvalue weighted by molar-refractivity contribution is 5.89. The summed E-state index contributed by atoms with van der Waals surface area (Å²) in [6.45, 7) is 2.26. The minimum atomic E-state index is -4.36. The SMILES string of the molecule is CC(C)C(COC(=O)c1ccccc1)C(F)(F)F. The van der Waals surface area contributed by atoms with Gasteiger partial charge in [-0.05, 0) is 18.1 Å². The second-order valence-electron chi connectivity index (χ2n) is 4.36. The Hall–Kier alpha value is -1.52.